The van der Waals surface area contributed by atoms with E-state index in [-0.39, 0.29) is 0 Å². The summed E-state index contributed by atoms with van der Waals surface area (Å²) in [4.78, 5) is 0. The molecule has 1 saturated carbocycles. The van der Waals surface area contributed by atoms with Gasteiger partial charge in [0.2, 0.25) is 0 Å². The standard InChI is InChI=1S/C14H20N4S/c15-10-11-6-2-1-3-7-12(11)19-14-17-16-13-8-4-5-9-18(13)14/h4-5,8-9,11-12H,1-3,6-7,10,15H2. The summed E-state index contributed by atoms with van der Waals surface area (Å²) in [6.45, 7) is 0.786. The molecular weight excluding hydrogens is 256 g/mol. The predicted molar refractivity (Wildman–Crippen MR) is 78.3 cm³/mol. The molecule has 1 fully saturated rings. The minimum absolute atomic E-state index is 0.583. The maximum Gasteiger partial charge on any atom is 0.195 e. The third-order valence-electron chi connectivity index (χ3n) is 3.93. The Balaban J connectivity index is 1.82. The number of aromatic nitrogens is 3. The fourth-order valence-corrected chi connectivity index (χ4v) is 4.16. The normalized spacial score (nSPS) is 24.5. The molecule has 1 aliphatic rings. The second-order valence-corrected chi connectivity index (χ2v) is 6.41. The number of rotatable bonds is 3. The number of nitrogens with zero attached hydrogens (tertiary/aromatic N) is 3. The van der Waals surface area contributed by atoms with Gasteiger partial charge < -0.3 is 5.73 Å². The van der Waals surface area contributed by atoms with Crippen LogP contribution in [0.15, 0.2) is 29.6 Å². The number of fused-ring (bicyclic) bond motifs is 1. The van der Waals surface area contributed by atoms with Crippen LogP contribution >= 0.6 is 11.8 Å². The summed E-state index contributed by atoms with van der Waals surface area (Å²) >= 11 is 1.86. The highest BCUT2D eigenvalue weighted by Gasteiger charge is 2.25. The van der Waals surface area contributed by atoms with Gasteiger partial charge in [-0.1, -0.05) is 37.1 Å². The number of hydrogen-bond donors (Lipinski definition) is 1. The van der Waals surface area contributed by atoms with E-state index in [0.717, 1.165) is 17.3 Å². The van der Waals surface area contributed by atoms with Gasteiger partial charge in [0.25, 0.3) is 0 Å². The Labute approximate surface area is 117 Å². The molecule has 0 radical (unpaired) electrons. The molecule has 0 aromatic carbocycles. The molecule has 3 rings (SSSR count). The van der Waals surface area contributed by atoms with Crippen LogP contribution in [0.2, 0.25) is 0 Å². The Bertz CT molecular complexity index is 539. The average Bonchev–Trinajstić information content (AvgIpc) is 2.71. The van der Waals surface area contributed by atoms with E-state index >= 15 is 0 Å². The lowest BCUT2D eigenvalue weighted by Crippen LogP contribution is -2.24. The van der Waals surface area contributed by atoms with Gasteiger partial charge in [-0.3, -0.25) is 4.40 Å². The molecule has 0 aliphatic heterocycles. The zero-order valence-electron chi connectivity index (χ0n) is 11.0. The lowest BCUT2D eigenvalue weighted by Gasteiger charge is -2.22. The van der Waals surface area contributed by atoms with Crippen LogP contribution in [0.25, 0.3) is 5.65 Å². The Kier molecular flexibility index (Phi) is 4.03. The molecule has 2 unspecified atom stereocenters. The SMILES string of the molecule is NCC1CCCCCC1Sc1nnc2ccccn12. The van der Waals surface area contributed by atoms with Crippen molar-refractivity contribution < 1.29 is 0 Å². The number of nitrogens with two attached hydrogens (primary N) is 1. The van der Waals surface area contributed by atoms with Crippen LogP contribution in [0.3, 0.4) is 0 Å². The highest BCUT2D eigenvalue weighted by Crippen LogP contribution is 2.35. The maximum atomic E-state index is 5.95. The first-order chi connectivity index (χ1) is 9.38. The second kappa shape index (κ2) is 5.92. The Morgan fingerprint density at radius 1 is 1.21 bits per heavy atom. The smallest absolute Gasteiger partial charge is 0.195 e. The van der Waals surface area contributed by atoms with Crippen molar-refractivity contribution in [3.8, 4) is 0 Å². The van der Waals surface area contributed by atoms with E-state index in [1.807, 2.05) is 36.2 Å². The molecule has 1 aliphatic carbocycles. The molecule has 0 amide bonds. The average molecular weight is 276 g/mol. The van der Waals surface area contributed by atoms with Gasteiger partial charge in [-0.25, -0.2) is 0 Å². The molecule has 2 N–H and O–H groups in total. The molecule has 2 aromatic heterocycles. The van der Waals surface area contributed by atoms with Gasteiger partial charge in [-0.2, -0.15) is 0 Å². The monoisotopic (exact) mass is 276 g/mol. The second-order valence-electron chi connectivity index (χ2n) is 5.20. The van der Waals surface area contributed by atoms with Gasteiger partial charge in [0, 0.05) is 11.4 Å². The van der Waals surface area contributed by atoms with Gasteiger partial charge in [0.1, 0.15) is 0 Å². The quantitative estimate of drug-likeness (QED) is 0.876. The summed E-state index contributed by atoms with van der Waals surface area (Å²) in [7, 11) is 0. The van der Waals surface area contributed by atoms with Crippen LogP contribution < -0.4 is 5.73 Å². The highest BCUT2D eigenvalue weighted by molar-refractivity contribution is 7.99. The lowest BCUT2D eigenvalue weighted by atomic mass is 10.0. The van der Waals surface area contributed by atoms with E-state index in [1.165, 1.54) is 32.1 Å². The minimum atomic E-state index is 0.583. The zero-order chi connectivity index (χ0) is 13.1. The lowest BCUT2D eigenvalue weighted by molar-refractivity contribution is 0.483. The van der Waals surface area contributed by atoms with Gasteiger partial charge in [0.05, 0.1) is 0 Å². The number of thioether (sulfide) groups is 1. The van der Waals surface area contributed by atoms with Gasteiger partial charge in [-0.05, 0) is 37.4 Å². The summed E-state index contributed by atoms with van der Waals surface area (Å²) in [5.41, 5.74) is 6.87. The van der Waals surface area contributed by atoms with Crippen LogP contribution in [0.5, 0.6) is 0 Å². The van der Waals surface area contributed by atoms with Gasteiger partial charge >= 0.3 is 0 Å². The highest BCUT2D eigenvalue weighted by atomic mass is 32.2. The topological polar surface area (TPSA) is 56.2 Å². The zero-order valence-corrected chi connectivity index (χ0v) is 11.9. The molecule has 4 nitrogen and oxygen atoms in total. The third kappa shape index (κ3) is 2.77. The Hall–Kier alpha value is -1.07. The molecular formula is C14H20N4S. The van der Waals surface area contributed by atoms with E-state index in [2.05, 4.69) is 14.6 Å². The van der Waals surface area contributed by atoms with Crippen molar-refractivity contribution in [1.82, 2.24) is 14.6 Å². The summed E-state index contributed by atoms with van der Waals surface area (Å²) in [5.74, 6) is 0.614. The number of pyridine rings is 1. The molecule has 0 bridgehead atoms. The van der Waals surface area contributed by atoms with E-state index in [9.17, 15) is 0 Å². The molecule has 2 atom stereocenters. The number of hydrogen-bond acceptors (Lipinski definition) is 4. The molecule has 0 saturated heterocycles. The Morgan fingerprint density at radius 3 is 3.00 bits per heavy atom. The largest absolute Gasteiger partial charge is 0.330 e. The van der Waals surface area contributed by atoms with E-state index < -0.39 is 0 Å². The van der Waals surface area contributed by atoms with Crippen LogP contribution in [0.4, 0.5) is 0 Å². The molecule has 2 aromatic rings. The minimum Gasteiger partial charge on any atom is -0.330 e. The van der Waals surface area contributed by atoms with Gasteiger partial charge in [-0.15, -0.1) is 10.2 Å². The van der Waals surface area contributed by atoms with Crippen molar-refractivity contribution in [2.24, 2.45) is 11.7 Å². The maximum absolute atomic E-state index is 5.95. The van der Waals surface area contributed by atoms with Crippen molar-refractivity contribution in [3.63, 3.8) is 0 Å². The summed E-state index contributed by atoms with van der Waals surface area (Å²) in [6.07, 6.45) is 8.50. The predicted octanol–water partition coefficient (Wildman–Crippen LogP) is 2.73. The fourth-order valence-electron chi connectivity index (χ4n) is 2.81. The summed E-state index contributed by atoms with van der Waals surface area (Å²) in [6, 6.07) is 6.01. The summed E-state index contributed by atoms with van der Waals surface area (Å²) in [5, 5.41) is 10.1. The molecule has 102 valence electrons. The first-order valence-electron chi connectivity index (χ1n) is 7.05. The third-order valence-corrected chi connectivity index (χ3v) is 5.34. The van der Waals surface area contributed by atoms with E-state index in [4.69, 9.17) is 5.73 Å². The summed E-state index contributed by atoms with van der Waals surface area (Å²) < 4.78 is 2.07. The first-order valence-corrected chi connectivity index (χ1v) is 7.93. The Morgan fingerprint density at radius 2 is 2.11 bits per heavy atom. The van der Waals surface area contributed by atoms with Crippen LogP contribution in [-0.2, 0) is 0 Å². The van der Waals surface area contributed by atoms with Crippen LogP contribution in [0, 0.1) is 5.92 Å². The van der Waals surface area contributed by atoms with E-state index in [0.29, 0.717) is 11.2 Å². The van der Waals surface area contributed by atoms with Crippen molar-refractivity contribution >= 4 is 17.4 Å². The van der Waals surface area contributed by atoms with Crippen LogP contribution in [-0.4, -0.2) is 26.4 Å². The van der Waals surface area contributed by atoms with Crippen molar-refractivity contribution in [3.05, 3.63) is 24.4 Å². The molecule has 19 heavy (non-hydrogen) atoms. The fraction of sp³-hybridized carbons (Fsp3) is 0.571. The molecule has 5 heteroatoms. The molecule has 0 spiro atoms. The van der Waals surface area contributed by atoms with Crippen LogP contribution in [0.1, 0.15) is 32.1 Å². The first kappa shape index (κ1) is 12.9. The van der Waals surface area contributed by atoms with Crippen molar-refractivity contribution in [2.45, 2.75) is 42.5 Å². The van der Waals surface area contributed by atoms with Gasteiger partial charge in [0.15, 0.2) is 10.8 Å². The molecule has 2 heterocycles. The van der Waals surface area contributed by atoms with E-state index in [1.54, 1.807) is 0 Å². The van der Waals surface area contributed by atoms with Crippen molar-refractivity contribution in [2.75, 3.05) is 6.54 Å². The van der Waals surface area contributed by atoms with Crippen molar-refractivity contribution in [1.29, 1.82) is 0 Å².